The van der Waals surface area contributed by atoms with E-state index in [4.69, 9.17) is 0 Å². The van der Waals surface area contributed by atoms with Gasteiger partial charge in [-0.3, -0.25) is 14.5 Å². The minimum absolute atomic E-state index is 0.0673. The summed E-state index contributed by atoms with van der Waals surface area (Å²) in [5.74, 6) is -0.405. The zero-order chi connectivity index (χ0) is 18.1. The van der Waals surface area contributed by atoms with Crippen molar-refractivity contribution in [3.63, 3.8) is 0 Å². The number of pyridine rings is 1. The molecule has 0 fully saturated rings. The summed E-state index contributed by atoms with van der Waals surface area (Å²) in [6.07, 6.45) is -1.62. The lowest BCUT2D eigenvalue weighted by atomic mass is 9.87. The molecule has 5 nitrogen and oxygen atoms in total. The van der Waals surface area contributed by atoms with Gasteiger partial charge in [0.25, 0.3) is 0 Å². The minimum atomic E-state index is -4.48. The highest BCUT2D eigenvalue weighted by atomic mass is 19.4. The molecule has 0 aliphatic heterocycles. The first kappa shape index (κ1) is 18.0. The molecule has 0 unspecified atom stereocenters. The van der Waals surface area contributed by atoms with E-state index in [2.05, 4.69) is 15.4 Å². The van der Waals surface area contributed by atoms with E-state index >= 15 is 0 Å². The van der Waals surface area contributed by atoms with Crippen LogP contribution in [-0.4, -0.2) is 20.7 Å². The SMILES string of the molecule is Cc1nn(C)cc1CNC(=O)C(C)(C)c1cc(C(F)(F)F)ccn1. The average molecular weight is 340 g/mol. The van der Waals surface area contributed by atoms with Gasteiger partial charge >= 0.3 is 6.18 Å². The number of nitrogens with zero attached hydrogens (tertiary/aromatic N) is 3. The van der Waals surface area contributed by atoms with Gasteiger partial charge in [-0.15, -0.1) is 0 Å². The average Bonchev–Trinajstić information content (AvgIpc) is 2.81. The van der Waals surface area contributed by atoms with Gasteiger partial charge in [0.2, 0.25) is 5.91 Å². The van der Waals surface area contributed by atoms with E-state index in [1.807, 2.05) is 6.92 Å². The van der Waals surface area contributed by atoms with Crippen LogP contribution in [0.5, 0.6) is 0 Å². The van der Waals surface area contributed by atoms with E-state index < -0.39 is 23.1 Å². The molecule has 2 aromatic heterocycles. The fraction of sp³-hybridized carbons (Fsp3) is 0.438. The van der Waals surface area contributed by atoms with Gasteiger partial charge in [0, 0.05) is 31.5 Å². The maximum absolute atomic E-state index is 12.8. The molecule has 0 aliphatic rings. The standard InChI is InChI=1S/C16H19F3N4O/c1-10-11(9-23(4)22-10)8-21-14(24)15(2,3)13-7-12(5-6-20-13)16(17,18)19/h5-7,9H,8H2,1-4H3,(H,21,24). The Balaban J connectivity index is 2.17. The fourth-order valence-corrected chi connectivity index (χ4v) is 2.28. The normalized spacial score (nSPS) is 12.3. The monoisotopic (exact) mass is 340 g/mol. The molecule has 0 aliphatic carbocycles. The third-order valence-electron chi connectivity index (χ3n) is 3.85. The Hall–Kier alpha value is -2.38. The zero-order valence-corrected chi connectivity index (χ0v) is 13.9. The molecule has 2 aromatic rings. The van der Waals surface area contributed by atoms with Gasteiger partial charge in [0.1, 0.15) is 0 Å². The van der Waals surface area contributed by atoms with Crippen LogP contribution < -0.4 is 5.32 Å². The predicted octanol–water partition coefficient (Wildman–Crippen LogP) is 2.74. The molecule has 0 saturated carbocycles. The van der Waals surface area contributed by atoms with Crippen molar-refractivity contribution in [2.75, 3.05) is 0 Å². The Labute approximate surface area is 137 Å². The molecular weight excluding hydrogens is 321 g/mol. The highest BCUT2D eigenvalue weighted by molar-refractivity contribution is 5.86. The largest absolute Gasteiger partial charge is 0.416 e. The van der Waals surface area contributed by atoms with Crippen LogP contribution in [0.3, 0.4) is 0 Å². The molecule has 2 rings (SSSR count). The van der Waals surface area contributed by atoms with Crippen LogP contribution in [0.1, 0.15) is 36.4 Å². The van der Waals surface area contributed by atoms with Gasteiger partial charge in [-0.1, -0.05) is 0 Å². The summed E-state index contributed by atoms with van der Waals surface area (Å²) in [7, 11) is 1.77. The summed E-state index contributed by atoms with van der Waals surface area (Å²) in [6, 6.07) is 1.80. The van der Waals surface area contributed by atoms with Crippen molar-refractivity contribution in [2.24, 2.45) is 7.05 Å². The molecule has 2 heterocycles. The summed E-state index contributed by atoms with van der Waals surface area (Å²) in [4.78, 5) is 16.4. The van der Waals surface area contributed by atoms with Gasteiger partial charge in [-0.2, -0.15) is 18.3 Å². The molecule has 130 valence electrons. The lowest BCUT2D eigenvalue weighted by Gasteiger charge is -2.23. The second-order valence-electron chi connectivity index (χ2n) is 6.15. The quantitative estimate of drug-likeness (QED) is 0.931. The number of alkyl halides is 3. The second kappa shape index (κ2) is 6.26. The van der Waals surface area contributed by atoms with E-state index in [9.17, 15) is 18.0 Å². The first-order valence-corrected chi connectivity index (χ1v) is 7.33. The number of halogens is 3. The lowest BCUT2D eigenvalue weighted by molar-refractivity contribution is -0.138. The van der Waals surface area contributed by atoms with E-state index in [0.717, 1.165) is 29.6 Å². The highest BCUT2D eigenvalue weighted by Crippen LogP contribution is 2.31. The molecule has 0 atom stereocenters. The lowest BCUT2D eigenvalue weighted by Crippen LogP contribution is -2.40. The van der Waals surface area contributed by atoms with Crippen molar-refractivity contribution < 1.29 is 18.0 Å². The summed E-state index contributed by atoms with van der Waals surface area (Å²) in [6.45, 7) is 5.16. The first-order chi connectivity index (χ1) is 11.0. The Kier molecular flexibility index (Phi) is 4.68. The molecule has 0 radical (unpaired) electrons. The van der Waals surface area contributed by atoms with E-state index in [-0.39, 0.29) is 12.2 Å². The summed E-state index contributed by atoms with van der Waals surface area (Å²) < 4.78 is 40.1. The van der Waals surface area contributed by atoms with Crippen LogP contribution in [0.4, 0.5) is 13.2 Å². The van der Waals surface area contributed by atoms with Gasteiger partial charge in [-0.05, 0) is 32.9 Å². The van der Waals surface area contributed by atoms with Gasteiger partial charge in [0.15, 0.2) is 0 Å². The molecule has 0 spiro atoms. The van der Waals surface area contributed by atoms with Crippen LogP contribution in [0.2, 0.25) is 0 Å². The van der Waals surface area contributed by atoms with Crippen molar-refractivity contribution in [3.8, 4) is 0 Å². The van der Waals surface area contributed by atoms with Crippen LogP contribution in [0.25, 0.3) is 0 Å². The van der Waals surface area contributed by atoms with Crippen molar-refractivity contribution in [2.45, 2.75) is 38.9 Å². The Morgan fingerprint density at radius 2 is 2.00 bits per heavy atom. The molecule has 8 heteroatoms. The number of aromatic nitrogens is 3. The maximum Gasteiger partial charge on any atom is 0.416 e. The zero-order valence-electron chi connectivity index (χ0n) is 13.9. The number of hydrogen-bond acceptors (Lipinski definition) is 3. The van der Waals surface area contributed by atoms with Crippen LogP contribution in [0, 0.1) is 6.92 Å². The van der Waals surface area contributed by atoms with Crippen LogP contribution in [-0.2, 0) is 30.0 Å². The maximum atomic E-state index is 12.8. The van der Waals surface area contributed by atoms with Gasteiger partial charge in [-0.25, -0.2) is 0 Å². The number of rotatable bonds is 4. The van der Waals surface area contributed by atoms with Crippen LogP contribution in [0.15, 0.2) is 24.5 Å². The Morgan fingerprint density at radius 1 is 1.33 bits per heavy atom. The first-order valence-electron chi connectivity index (χ1n) is 7.33. The van der Waals surface area contributed by atoms with Crippen molar-refractivity contribution in [1.82, 2.24) is 20.1 Å². The predicted molar refractivity (Wildman–Crippen MR) is 82.1 cm³/mol. The van der Waals surface area contributed by atoms with Crippen molar-refractivity contribution >= 4 is 5.91 Å². The molecule has 0 saturated heterocycles. The third kappa shape index (κ3) is 3.74. The molecule has 1 N–H and O–H groups in total. The number of nitrogens with one attached hydrogen (secondary N) is 1. The summed E-state index contributed by atoms with van der Waals surface area (Å²) in [5.41, 5.74) is -0.321. The highest BCUT2D eigenvalue weighted by Gasteiger charge is 2.35. The number of amides is 1. The fourth-order valence-electron chi connectivity index (χ4n) is 2.28. The number of carbonyl (C=O) groups is 1. The van der Waals surface area contributed by atoms with E-state index in [0.29, 0.717) is 0 Å². The van der Waals surface area contributed by atoms with E-state index in [1.165, 1.54) is 0 Å². The molecule has 1 amide bonds. The van der Waals surface area contributed by atoms with Gasteiger partial charge < -0.3 is 5.32 Å². The second-order valence-corrected chi connectivity index (χ2v) is 6.15. The minimum Gasteiger partial charge on any atom is -0.351 e. The smallest absolute Gasteiger partial charge is 0.351 e. The summed E-state index contributed by atoms with van der Waals surface area (Å²) in [5, 5.41) is 6.91. The number of carbonyl (C=O) groups excluding carboxylic acids is 1. The Bertz CT molecular complexity index is 750. The molecule has 0 aromatic carbocycles. The van der Waals surface area contributed by atoms with Crippen LogP contribution >= 0.6 is 0 Å². The number of hydrogen-bond donors (Lipinski definition) is 1. The van der Waals surface area contributed by atoms with Gasteiger partial charge in [0.05, 0.1) is 22.4 Å². The molecule has 0 bridgehead atoms. The Morgan fingerprint density at radius 3 is 2.54 bits per heavy atom. The van der Waals surface area contributed by atoms with E-state index in [1.54, 1.807) is 31.8 Å². The van der Waals surface area contributed by atoms with Crippen molar-refractivity contribution in [3.05, 3.63) is 47.0 Å². The van der Waals surface area contributed by atoms with Crippen molar-refractivity contribution in [1.29, 1.82) is 0 Å². The number of aryl methyl sites for hydroxylation is 2. The third-order valence-corrected chi connectivity index (χ3v) is 3.85. The topological polar surface area (TPSA) is 59.8 Å². The molecular formula is C16H19F3N4O. The molecule has 24 heavy (non-hydrogen) atoms. The summed E-state index contributed by atoms with van der Waals surface area (Å²) >= 11 is 0.